The molecule has 0 radical (unpaired) electrons. The van der Waals surface area contributed by atoms with Crippen molar-refractivity contribution in [1.29, 1.82) is 0 Å². The van der Waals surface area contributed by atoms with Crippen molar-refractivity contribution >= 4 is 11.8 Å². The van der Waals surface area contributed by atoms with Gasteiger partial charge in [0, 0.05) is 6.07 Å². The highest BCUT2D eigenvalue weighted by Gasteiger charge is 2.20. The van der Waals surface area contributed by atoms with Gasteiger partial charge in [0.25, 0.3) is 0 Å². The number of benzene rings is 1. The van der Waals surface area contributed by atoms with Crippen LogP contribution in [0, 0.1) is 0 Å². The van der Waals surface area contributed by atoms with Crippen LogP contribution in [0.15, 0.2) is 42.7 Å². The highest BCUT2D eigenvalue weighted by atomic mass is 16.5. The van der Waals surface area contributed by atoms with Crippen molar-refractivity contribution in [3.63, 3.8) is 0 Å². The maximum atomic E-state index is 11.4. The van der Waals surface area contributed by atoms with Gasteiger partial charge in [-0.2, -0.15) is 0 Å². The number of anilines is 1. The third-order valence-electron chi connectivity index (χ3n) is 2.67. The molecule has 0 fully saturated rings. The SMILES string of the molecule is CC(C)Oc1cc(NC(C(=O)O)c2ccccc2)ncn1. The van der Waals surface area contributed by atoms with Gasteiger partial charge in [-0.1, -0.05) is 30.3 Å². The molecule has 1 atom stereocenters. The quantitative estimate of drug-likeness (QED) is 0.849. The number of nitrogens with zero attached hydrogens (tertiary/aromatic N) is 2. The third kappa shape index (κ3) is 4.17. The summed E-state index contributed by atoms with van der Waals surface area (Å²) < 4.78 is 5.46. The zero-order valence-electron chi connectivity index (χ0n) is 11.9. The van der Waals surface area contributed by atoms with E-state index >= 15 is 0 Å². The van der Waals surface area contributed by atoms with Gasteiger partial charge in [0.05, 0.1) is 6.10 Å². The molecule has 0 aliphatic carbocycles. The minimum atomic E-state index is -0.980. The number of nitrogens with one attached hydrogen (secondary N) is 1. The lowest BCUT2D eigenvalue weighted by Crippen LogP contribution is -2.21. The normalized spacial score (nSPS) is 12.0. The fourth-order valence-electron chi connectivity index (χ4n) is 1.81. The predicted molar refractivity (Wildman–Crippen MR) is 78.2 cm³/mol. The van der Waals surface area contributed by atoms with Gasteiger partial charge in [-0.05, 0) is 19.4 Å². The molecule has 0 spiro atoms. The summed E-state index contributed by atoms with van der Waals surface area (Å²) in [7, 11) is 0. The first-order valence-corrected chi connectivity index (χ1v) is 6.59. The molecule has 2 N–H and O–H groups in total. The molecule has 0 aliphatic heterocycles. The Bertz CT molecular complexity index is 602. The molecule has 110 valence electrons. The minimum absolute atomic E-state index is 0.0165. The van der Waals surface area contributed by atoms with Crippen LogP contribution in [0.3, 0.4) is 0 Å². The largest absolute Gasteiger partial charge is 0.479 e. The lowest BCUT2D eigenvalue weighted by molar-refractivity contribution is -0.138. The average molecular weight is 287 g/mol. The number of carbonyl (C=O) groups is 1. The summed E-state index contributed by atoms with van der Waals surface area (Å²) in [6.07, 6.45) is 1.32. The van der Waals surface area contributed by atoms with Crippen molar-refractivity contribution in [2.45, 2.75) is 26.0 Å². The Morgan fingerprint density at radius 3 is 2.57 bits per heavy atom. The van der Waals surface area contributed by atoms with Crippen molar-refractivity contribution in [3.05, 3.63) is 48.3 Å². The van der Waals surface area contributed by atoms with Crippen LogP contribution in [0.1, 0.15) is 25.5 Å². The van der Waals surface area contributed by atoms with Crippen LogP contribution in [-0.4, -0.2) is 27.1 Å². The first kappa shape index (κ1) is 14.8. The van der Waals surface area contributed by atoms with Crippen LogP contribution in [0.2, 0.25) is 0 Å². The molecular formula is C15H17N3O3. The lowest BCUT2D eigenvalue weighted by Gasteiger charge is -2.16. The Morgan fingerprint density at radius 2 is 1.95 bits per heavy atom. The van der Waals surface area contributed by atoms with E-state index in [9.17, 15) is 9.90 Å². The summed E-state index contributed by atoms with van der Waals surface area (Å²) in [6.45, 7) is 3.78. The number of hydrogen-bond acceptors (Lipinski definition) is 5. The van der Waals surface area contributed by atoms with E-state index in [1.165, 1.54) is 6.33 Å². The van der Waals surface area contributed by atoms with Gasteiger partial charge >= 0.3 is 5.97 Å². The Hall–Kier alpha value is -2.63. The molecule has 21 heavy (non-hydrogen) atoms. The van der Waals surface area contributed by atoms with Crippen molar-refractivity contribution in [2.75, 3.05) is 5.32 Å². The molecule has 2 rings (SSSR count). The molecule has 1 aromatic heterocycles. The minimum Gasteiger partial charge on any atom is -0.479 e. The molecule has 0 amide bonds. The van der Waals surface area contributed by atoms with Crippen molar-refractivity contribution in [1.82, 2.24) is 9.97 Å². The van der Waals surface area contributed by atoms with Gasteiger partial charge < -0.3 is 15.2 Å². The molecule has 0 aliphatic rings. The van der Waals surface area contributed by atoms with Crippen molar-refractivity contribution in [3.8, 4) is 5.88 Å². The van der Waals surface area contributed by atoms with Crippen LogP contribution < -0.4 is 10.1 Å². The Labute approximate surface area is 122 Å². The second-order valence-electron chi connectivity index (χ2n) is 4.73. The third-order valence-corrected chi connectivity index (χ3v) is 2.67. The number of aliphatic carboxylic acids is 1. The van der Waals surface area contributed by atoms with Crippen molar-refractivity contribution < 1.29 is 14.6 Å². The van der Waals surface area contributed by atoms with E-state index in [1.54, 1.807) is 30.3 Å². The van der Waals surface area contributed by atoms with E-state index in [0.717, 1.165) is 0 Å². The average Bonchev–Trinajstić information content (AvgIpc) is 2.45. The van der Waals surface area contributed by atoms with Gasteiger partial charge in [-0.15, -0.1) is 0 Å². The molecule has 1 aromatic carbocycles. The number of aromatic nitrogens is 2. The molecule has 1 heterocycles. The number of hydrogen-bond donors (Lipinski definition) is 2. The number of carboxylic acids is 1. The Balaban J connectivity index is 2.20. The summed E-state index contributed by atoms with van der Waals surface area (Å²) >= 11 is 0. The maximum Gasteiger partial charge on any atom is 0.330 e. The van der Waals surface area contributed by atoms with Gasteiger partial charge in [-0.25, -0.2) is 14.8 Å². The van der Waals surface area contributed by atoms with Gasteiger partial charge in [0.1, 0.15) is 12.1 Å². The van der Waals surface area contributed by atoms with E-state index in [-0.39, 0.29) is 6.10 Å². The molecule has 6 nitrogen and oxygen atoms in total. The van der Waals surface area contributed by atoms with Crippen LogP contribution in [0.25, 0.3) is 0 Å². The maximum absolute atomic E-state index is 11.4. The van der Waals surface area contributed by atoms with Crippen LogP contribution in [0.5, 0.6) is 5.88 Å². The second kappa shape index (κ2) is 6.69. The second-order valence-corrected chi connectivity index (χ2v) is 4.73. The molecule has 2 aromatic rings. The fourth-order valence-corrected chi connectivity index (χ4v) is 1.81. The van der Waals surface area contributed by atoms with Gasteiger partial charge in [0.15, 0.2) is 6.04 Å². The standard InChI is InChI=1S/C15H17N3O3/c1-10(2)21-13-8-12(16-9-17-13)18-14(15(19)20)11-6-4-3-5-7-11/h3-10,14H,1-2H3,(H,19,20)(H,16,17,18). The summed E-state index contributed by atoms with van der Waals surface area (Å²) in [5.41, 5.74) is 0.648. The summed E-state index contributed by atoms with van der Waals surface area (Å²) in [5.74, 6) is -0.178. The van der Waals surface area contributed by atoms with Gasteiger partial charge in [-0.3, -0.25) is 0 Å². The van der Waals surface area contributed by atoms with Crippen molar-refractivity contribution in [2.24, 2.45) is 0 Å². The van der Waals surface area contributed by atoms with Crippen LogP contribution in [0.4, 0.5) is 5.82 Å². The molecule has 0 saturated carbocycles. The first-order valence-electron chi connectivity index (χ1n) is 6.59. The number of ether oxygens (including phenoxy) is 1. The topological polar surface area (TPSA) is 84.3 Å². The summed E-state index contributed by atoms with van der Waals surface area (Å²) in [4.78, 5) is 19.4. The zero-order chi connectivity index (χ0) is 15.2. The van der Waals surface area contributed by atoms with Crippen LogP contribution in [-0.2, 0) is 4.79 Å². The monoisotopic (exact) mass is 287 g/mol. The van der Waals surface area contributed by atoms with E-state index in [2.05, 4.69) is 15.3 Å². The summed E-state index contributed by atoms with van der Waals surface area (Å²) in [6, 6.07) is 9.62. The molecule has 1 unspecified atom stereocenters. The first-order chi connectivity index (χ1) is 10.1. The highest BCUT2D eigenvalue weighted by molar-refractivity contribution is 5.78. The highest BCUT2D eigenvalue weighted by Crippen LogP contribution is 2.20. The molecule has 0 bridgehead atoms. The molecular weight excluding hydrogens is 270 g/mol. The Morgan fingerprint density at radius 1 is 1.24 bits per heavy atom. The summed E-state index contributed by atoms with van der Waals surface area (Å²) in [5, 5.41) is 12.2. The smallest absolute Gasteiger partial charge is 0.330 e. The number of carboxylic acid groups (broad SMARTS) is 1. The zero-order valence-corrected chi connectivity index (χ0v) is 11.9. The Kier molecular flexibility index (Phi) is 4.71. The fraction of sp³-hybridized carbons (Fsp3) is 0.267. The lowest BCUT2D eigenvalue weighted by atomic mass is 10.1. The molecule has 6 heteroatoms. The predicted octanol–water partition coefficient (Wildman–Crippen LogP) is 2.50. The van der Waals surface area contributed by atoms with E-state index < -0.39 is 12.0 Å². The number of rotatable bonds is 6. The molecule has 0 saturated heterocycles. The van der Waals surface area contributed by atoms with E-state index in [0.29, 0.717) is 17.3 Å². The van der Waals surface area contributed by atoms with E-state index in [4.69, 9.17) is 4.74 Å². The van der Waals surface area contributed by atoms with E-state index in [1.807, 2.05) is 19.9 Å². The van der Waals surface area contributed by atoms with Crippen LogP contribution >= 0.6 is 0 Å². The van der Waals surface area contributed by atoms with Gasteiger partial charge in [0.2, 0.25) is 5.88 Å².